The number of carbonyl (C=O) groups excluding carboxylic acids is 2. The molecule has 0 aromatic carbocycles. The number of carboxylic acids is 1. The lowest BCUT2D eigenvalue weighted by Crippen LogP contribution is -2.60. The van der Waals surface area contributed by atoms with Crippen molar-refractivity contribution in [1.82, 2.24) is 0 Å². The number of aliphatic hydroxyl groups excluding tert-OH is 3. The molecule has 1 aliphatic rings. The summed E-state index contributed by atoms with van der Waals surface area (Å²) in [6.07, 6.45) is 36.7. The molecular weight excluding hydrogens is 741 g/mol. The Morgan fingerprint density at radius 3 is 1.60 bits per heavy atom. The Hall–Kier alpha value is -3.35. The molecule has 0 bridgehead atoms. The maximum absolute atomic E-state index is 12.8. The molecule has 58 heavy (non-hydrogen) atoms. The molecule has 0 aliphatic carbocycles. The van der Waals surface area contributed by atoms with Crippen LogP contribution >= 0.6 is 0 Å². The number of hydrogen-bond acceptors (Lipinski definition) is 10. The molecule has 6 unspecified atom stereocenters. The van der Waals surface area contributed by atoms with E-state index >= 15 is 0 Å². The lowest BCUT2D eigenvalue weighted by molar-refractivity contribution is -0.298. The summed E-state index contributed by atoms with van der Waals surface area (Å²) in [5.74, 6) is -2.54. The summed E-state index contributed by atoms with van der Waals surface area (Å²) in [6.45, 7) is 3.62. The van der Waals surface area contributed by atoms with E-state index in [0.29, 0.717) is 19.3 Å². The first-order chi connectivity index (χ1) is 28.2. The number of allylic oxidation sites excluding steroid dienone is 12. The van der Waals surface area contributed by atoms with Crippen LogP contribution in [-0.2, 0) is 33.3 Å². The largest absolute Gasteiger partial charge is 0.479 e. The Morgan fingerprint density at radius 2 is 1.03 bits per heavy atom. The van der Waals surface area contributed by atoms with Crippen molar-refractivity contribution < 1.29 is 53.8 Å². The highest BCUT2D eigenvalue weighted by Gasteiger charge is 2.47. The van der Waals surface area contributed by atoms with Crippen LogP contribution < -0.4 is 0 Å². The van der Waals surface area contributed by atoms with E-state index in [1.54, 1.807) is 0 Å². The summed E-state index contributed by atoms with van der Waals surface area (Å²) in [4.78, 5) is 36.8. The Labute approximate surface area is 348 Å². The highest BCUT2D eigenvalue weighted by atomic mass is 16.7. The average Bonchev–Trinajstić information content (AvgIpc) is 3.21. The van der Waals surface area contributed by atoms with Crippen molar-refractivity contribution in [3.8, 4) is 0 Å². The van der Waals surface area contributed by atoms with Gasteiger partial charge in [0.2, 0.25) is 0 Å². The Kier molecular flexibility index (Phi) is 33.3. The Balaban J connectivity index is 2.44. The minimum atomic E-state index is -1.87. The molecule has 1 rings (SSSR count). The van der Waals surface area contributed by atoms with Gasteiger partial charge in [-0.05, 0) is 77.0 Å². The molecule has 330 valence electrons. The minimum absolute atomic E-state index is 0.152. The van der Waals surface area contributed by atoms with Crippen molar-refractivity contribution in [1.29, 1.82) is 0 Å². The first-order valence-corrected chi connectivity index (χ1v) is 22.0. The molecule has 1 aliphatic heterocycles. The van der Waals surface area contributed by atoms with Crippen molar-refractivity contribution in [3.63, 3.8) is 0 Å². The summed E-state index contributed by atoms with van der Waals surface area (Å²) >= 11 is 0. The van der Waals surface area contributed by atoms with Crippen molar-refractivity contribution in [2.24, 2.45) is 0 Å². The smallest absolute Gasteiger partial charge is 0.335 e. The molecule has 0 amide bonds. The topological polar surface area (TPSA) is 169 Å². The number of carbonyl (C=O) groups is 3. The van der Waals surface area contributed by atoms with Gasteiger partial charge in [0.15, 0.2) is 18.5 Å². The van der Waals surface area contributed by atoms with Crippen LogP contribution in [0.15, 0.2) is 72.9 Å². The normalized spacial score (nSPS) is 20.7. The molecule has 1 saturated heterocycles. The van der Waals surface area contributed by atoms with Crippen LogP contribution in [0.2, 0.25) is 0 Å². The van der Waals surface area contributed by atoms with Gasteiger partial charge in [-0.2, -0.15) is 0 Å². The fourth-order valence-electron chi connectivity index (χ4n) is 6.08. The van der Waals surface area contributed by atoms with E-state index in [2.05, 4.69) is 74.6 Å². The van der Waals surface area contributed by atoms with Crippen LogP contribution in [0, 0.1) is 0 Å². The van der Waals surface area contributed by atoms with Crippen molar-refractivity contribution in [3.05, 3.63) is 72.9 Å². The van der Waals surface area contributed by atoms with Crippen LogP contribution in [0.3, 0.4) is 0 Å². The zero-order valence-electron chi connectivity index (χ0n) is 35.5. The fraction of sp³-hybridized carbons (Fsp3) is 0.681. The predicted octanol–water partition coefficient (Wildman–Crippen LogP) is 9.31. The van der Waals surface area contributed by atoms with Gasteiger partial charge < -0.3 is 39.4 Å². The molecule has 0 aromatic rings. The molecule has 0 saturated carbocycles. The number of unbranched alkanes of at least 4 members (excludes halogenated alkanes) is 12. The molecule has 6 atom stereocenters. The standard InChI is InChI=1S/C47H76O11/c1-3-5-7-9-11-13-15-17-19-20-22-23-25-27-29-31-33-35-40(48)55-37-39(38-56-47-44(52)42(50)43(51)45(58-47)46(53)54)57-41(49)36-34-32-30-28-26-24-21-18-16-14-12-10-8-6-4-2/h5,7,11,13,17-19,21-23,27,29,39,42-45,47,50-52H,3-4,6,8-10,12,14-16,20,24-26,28,30-38H2,1-2H3,(H,53,54)/b7-5-,13-11-,19-17-,21-18-,23-22-,29-27-. The van der Waals surface area contributed by atoms with Crippen LogP contribution in [0.1, 0.15) is 155 Å². The number of rotatable bonds is 35. The molecule has 0 aromatic heterocycles. The minimum Gasteiger partial charge on any atom is -0.479 e. The lowest BCUT2D eigenvalue weighted by atomic mass is 9.99. The van der Waals surface area contributed by atoms with Crippen LogP contribution in [-0.4, -0.2) is 88.4 Å². The van der Waals surface area contributed by atoms with E-state index in [1.165, 1.54) is 38.5 Å². The number of esters is 2. The van der Waals surface area contributed by atoms with Gasteiger partial charge in [0.25, 0.3) is 0 Å². The predicted molar refractivity (Wildman–Crippen MR) is 229 cm³/mol. The van der Waals surface area contributed by atoms with E-state index in [-0.39, 0.29) is 19.4 Å². The number of aliphatic carboxylic acids is 1. The zero-order valence-corrected chi connectivity index (χ0v) is 35.5. The zero-order chi connectivity index (χ0) is 42.5. The molecular formula is C47H76O11. The second-order valence-corrected chi connectivity index (χ2v) is 14.8. The molecule has 0 radical (unpaired) electrons. The van der Waals surface area contributed by atoms with Gasteiger partial charge in [-0.25, -0.2) is 4.79 Å². The number of hydrogen-bond donors (Lipinski definition) is 4. The van der Waals surface area contributed by atoms with Crippen LogP contribution in [0.4, 0.5) is 0 Å². The second kappa shape index (κ2) is 36.7. The summed E-state index contributed by atoms with van der Waals surface area (Å²) in [6, 6.07) is 0. The summed E-state index contributed by atoms with van der Waals surface area (Å²) in [7, 11) is 0. The van der Waals surface area contributed by atoms with E-state index < -0.39 is 61.3 Å². The molecule has 4 N–H and O–H groups in total. The summed E-state index contributed by atoms with van der Waals surface area (Å²) < 4.78 is 21.6. The van der Waals surface area contributed by atoms with Gasteiger partial charge in [0.05, 0.1) is 6.61 Å². The molecule has 11 heteroatoms. The molecule has 1 fully saturated rings. The summed E-state index contributed by atoms with van der Waals surface area (Å²) in [5, 5.41) is 39.8. The maximum Gasteiger partial charge on any atom is 0.335 e. The fourth-order valence-corrected chi connectivity index (χ4v) is 6.08. The maximum atomic E-state index is 12.8. The molecule has 11 nitrogen and oxygen atoms in total. The first kappa shape index (κ1) is 52.7. The SMILES string of the molecule is CC/C=C\C/C=C\C/C=C\C/C=C\C/C=C\CCCC(=O)OCC(COC1OC(C(=O)O)C(O)C(O)C1O)OC(=O)CCCCCCC/C=C\CCCCCCCC. The Morgan fingerprint density at radius 1 is 0.552 bits per heavy atom. The van der Waals surface area contributed by atoms with Gasteiger partial charge in [0, 0.05) is 12.8 Å². The average molecular weight is 817 g/mol. The van der Waals surface area contributed by atoms with E-state index in [4.69, 9.17) is 18.9 Å². The Bertz CT molecular complexity index is 1240. The van der Waals surface area contributed by atoms with Gasteiger partial charge in [-0.15, -0.1) is 0 Å². The highest BCUT2D eigenvalue weighted by Crippen LogP contribution is 2.23. The third kappa shape index (κ3) is 28.1. The molecule has 0 spiro atoms. The van der Waals surface area contributed by atoms with Gasteiger partial charge in [-0.3, -0.25) is 9.59 Å². The summed E-state index contributed by atoms with van der Waals surface area (Å²) in [5.41, 5.74) is 0. The lowest BCUT2D eigenvalue weighted by Gasteiger charge is -2.38. The van der Waals surface area contributed by atoms with Crippen molar-refractivity contribution in [2.75, 3.05) is 13.2 Å². The third-order valence-corrected chi connectivity index (χ3v) is 9.54. The third-order valence-electron chi connectivity index (χ3n) is 9.54. The number of ether oxygens (including phenoxy) is 4. The quantitative estimate of drug-likeness (QED) is 0.0273. The van der Waals surface area contributed by atoms with Crippen LogP contribution in [0.25, 0.3) is 0 Å². The van der Waals surface area contributed by atoms with E-state index in [0.717, 1.165) is 70.6 Å². The van der Waals surface area contributed by atoms with Crippen molar-refractivity contribution >= 4 is 17.9 Å². The van der Waals surface area contributed by atoms with E-state index in [1.807, 2.05) is 12.2 Å². The first-order valence-electron chi connectivity index (χ1n) is 22.0. The molecule has 1 heterocycles. The monoisotopic (exact) mass is 817 g/mol. The highest BCUT2D eigenvalue weighted by molar-refractivity contribution is 5.73. The number of carboxylic acid groups (broad SMARTS) is 1. The van der Waals surface area contributed by atoms with Gasteiger partial charge in [0.1, 0.15) is 24.9 Å². The van der Waals surface area contributed by atoms with Crippen LogP contribution in [0.5, 0.6) is 0 Å². The van der Waals surface area contributed by atoms with Crippen molar-refractivity contribution in [2.45, 2.75) is 192 Å². The van der Waals surface area contributed by atoms with Gasteiger partial charge >= 0.3 is 17.9 Å². The van der Waals surface area contributed by atoms with Gasteiger partial charge in [-0.1, -0.05) is 138 Å². The van der Waals surface area contributed by atoms with E-state index in [9.17, 15) is 34.8 Å². The number of aliphatic hydroxyl groups is 3. The second-order valence-electron chi connectivity index (χ2n) is 14.8.